The molecule has 0 amide bonds. The molecule has 92 valence electrons. The van der Waals surface area contributed by atoms with Gasteiger partial charge in [0.25, 0.3) is 0 Å². The van der Waals surface area contributed by atoms with E-state index in [0.717, 1.165) is 5.56 Å². The summed E-state index contributed by atoms with van der Waals surface area (Å²) < 4.78 is 10.1. The number of hydrogen-bond donors (Lipinski definition) is 0. The molecule has 0 saturated heterocycles. The standard InChI is InChI=1S/C12H13ClO3S/c1-3-15-11(14)7-12(17)16-10-5-4-8(2)6-9(10)13/h4-6H,3,7H2,1-2H3. The molecule has 0 aliphatic heterocycles. The van der Waals surface area contributed by atoms with Crippen molar-refractivity contribution >= 4 is 34.8 Å². The van der Waals surface area contributed by atoms with E-state index in [1.165, 1.54) is 0 Å². The van der Waals surface area contributed by atoms with Gasteiger partial charge in [0.15, 0.2) is 5.05 Å². The molecule has 1 aromatic carbocycles. The number of aryl methyl sites for hydroxylation is 1. The molecule has 17 heavy (non-hydrogen) atoms. The first-order valence-corrected chi connectivity index (χ1v) is 5.94. The van der Waals surface area contributed by atoms with Crippen molar-refractivity contribution in [2.75, 3.05) is 6.61 Å². The second-order valence-electron chi connectivity index (χ2n) is 3.39. The van der Waals surface area contributed by atoms with Gasteiger partial charge in [0.2, 0.25) is 0 Å². The molecule has 0 fully saturated rings. The molecule has 0 radical (unpaired) electrons. The molecule has 1 rings (SSSR count). The van der Waals surface area contributed by atoms with Crippen LogP contribution in [0, 0.1) is 6.92 Å². The van der Waals surface area contributed by atoms with Gasteiger partial charge in [-0.15, -0.1) is 0 Å². The molecule has 1 aromatic rings. The molecule has 0 aliphatic rings. The Kier molecular flexibility index (Phi) is 5.38. The molecule has 0 N–H and O–H groups in total. The lowest BCUT2D eigenvalue weighted by Gasteiger charge is -2.08. The largest absolute Gasteiger partial charge is 0.466 e. The van der Waals surface area contributed by atoms with E-state index in [1.54, 1.807) is 19.1 Å². The van der Waals surface area contributed by atoms with Crippen LogP contribution < -0.4 is 4.74 Å². The molecule has 0 aromatic heterocycles. The van der Waals surface area contributed by atoms with E-state index < -0.39 is 5.97 Å². The van der Waals surface area contributed by atoms with Crippen molar-refractivity contribution in [1.29, 1.82) is 0 Å². The van der Waals surface area contributed by atoms with Crippen LogP contribution in [0.1, 0.15) is 18.9 Å². The number of carbonyl (C=O) groups is 1. The number of halogens is 1. The number of hydrogen-bond acceptors (Lipinski definition) is 4. The van der Waals surface area contributed by atoms with Crippen molar-refractivity contribution in [3.8, 4) is 5.75 Å². The summed E-state index contributed by atoms with van der Waals surface area (Å²) in [6, 6.07) is 5.34. The minimum atomic E-state index is -0.402. The first kappa shape index (κ1) is 13.9. The third kappa shape index (κ3) is 4.71. The van der Waals surface area contributed by atoms with Crippen LogP contribution in [-0.4, -0.2) is 17.6 Å². The van der Waals surface area contributed by atoms with Gasteiger partial charge in [-0.2, -0.15) is 0 Å². The molecular formula is C12H13ClO3S. The zero-order chi connectivity index (χ0) is 12.8. The Bertz CT molecular complexity index is 432. The van der Waals surface area contributed by atoms with E-state index in [1.807, 2.05) is 13.0 Å². The van der Waals surface area contributed by atoms with Crippen molar-refractivity contribution in [2.24, 2.45) is 0 Å². The van der Waals surface area contributed by atoms with Gasteiger partial charge < -0.3 is 9.47 Å². The SMILES string of the molecule is CCOC(=O)CC(=S)Oc1ccc(C)cc1Cl. The predicted octanol–water partition coefficient (Wildman–Crippen LogP) is 3.31. The average molecular weight is 273 g/mol. The summed E-state index contributed by atoms with van der Waals surface area (Å²) in [6.07, 6.45) is -0.0482. The highest BCUT2D eigenvalue weighted by Crippen LogP contribution is 2.25. The summed E-state index contributed by atoms with van der Waals surface area (Å²) in [5, 5.41) is 0.616. The fraction of sp³-hybridized carbons (Fsp3) is 0.333. The lowest BCUT2D eigenvalue weighted by molar-refractivity contribution is -0.141. The van der Waals surface area contributed by atoms with Crippen LogP contribution in [0.2, 0.25) is 5.02 Å². The zero-order valence-electron chi connectivity index (χ0n) is 9.66. The lowest BCUT2D eigenvalue weighted by atomic mass is 10.2. The van der Waals surface area contributed by atoms with Crippen LogP contribution in [0.15, 0.2) is 18.2 Å². The second-order valence-corrected chi connectivity index (χ2v) is 4.25. The van der Waals surface area contributed by atoms with Crippen molar-refractivity contribution < 1.29 is 14.3 Å². The number of thiocarbonyl (C=S) groups is 1. The van der Waals surface area contributed by atoms with Gasteiger partial charge in [0.05, 0.1) is 11.6 Å². The van der Waals surface area contributed by atoms with Crippen LogP contribution in [0.3, 0.4) is 0 Å². The van der Waals surface area contributed by atoms with Gasteiger partial charge in [0, 0.05) is 0 Å². The summed E-state index contributed by atoms with van der Waals surface area (Å²) in [4.78, 5) is 11.2. The number of carbonyl (C=O) groups excluding carboxylic acids is 1. The summed E-state index contributed by atoms with van der Waals surface area (Å²) in [6.45, 7) is 3.98. The average Bonchev–Trinajstić information content (AvgIpc) is 2.22. The molecular weight excluding hydrogens is 260 g/mol. The van der Waals surface area contributed by atoms with Gasteiger partial charge >= 0.3 is 5.97 Å². The van der Waals surface area contributed by atoms with E-state index in [9.17, 15) is 4.79 Å². The van der Waals surface area contributed by atoms with Crippen LogP contribution in [0.5, 0.6) is 5.75 Å². The lowest BCUT2D eigenvalue weighted by Crippen LogP contribution is -2.14. The molecule has 0 aliphatic carbocycles. The van der Waals surface area contributed by atoms with Crippen molar-refractivity contribution in [1.82, 2.24) is 0 Å². The van der Waals surface area contributed by atoms with Gasteiger partial charge in [-0.3, -0.25) is 4.79 Å². The van der Waals surface area contributed by atoms with E-state index >= 15 is 0 Å². The minimum Gasteiger partial charge on any atom is -0.466 e. The number of rotatable bonds is 4. The number of esters is 1. The van der Waals surface area contributed by atoms with E-state index in [4.69, 9.17) is 33.3 Å². The first-order valence-electron chi connectivity index (χ1n) is 5.15. The third-order valence-corrected chi connectivity index (χ3v) is 2.43. The van der Waals surface area contributed by atoms with Gasteiger partial charge in [-0.25, -0.2) is 0 Å². The Morgan fingerprint density at radius 3 is 2.76 bits per heavy atom. The van der Waals surface area contributed by atoms with Crippen LogP contribution in [0.25, 0.3) is 0 Å². The van der Waals surface area contributed by atoms with Gasteiger partial charge in [-0.05, 0) is 43.8 Å². The fourth-order valence-electron chi connectivity index (χ4n) is 1.18. The normalized spacial score (nSPS) is 9.82. The highest BCUT2D eigenvalue weighted by Gasteiger charge is 2.10. The molecule has 0 atom stereocenters. The van der Waals surface area contributed by atoms with Crippen molar-refractivity contribution in [3.63, 3.8) is 0 Å². The topological polar surface area (TPSA) is 35.5 Å². The monoisotopic (exact) mass is 272 g/mol. The molecule has 5 heteroatoms. The zero-order valence-corrected chi connectivity index (χ0v) is 11.2. The maximum absolute atomic E-state index is 11.2. The van der Waals surface area contributed by atoms with Crippen molar-refractivity contribution in [2.45, 2.75) is 20.3 Å². The summed E-state index contributed by atoms with van der Waals surface area (Å²) >= 11 is 10.9. The molecule has 0 unspecified atom stereocenters. The van der Waals surface area contributed by atoms with E-state index in [-0.39, 0.29) is 11.5 Å². The van der Waals surface area contributed by atoms with Crippen molar-refractivity contribution in [3.05, 3.63) is 28.8 Å². The molecule has 3 nitrogen and oxygen atoms in total. The molecule has 0 bridgehead atoms. The minimum absolute atomic E-state index is 0.0482. The maximum atomic E-state index is 11.2. The maximum Gasteiger partial charge on any atom is 0.314 e. The van der Waals surface area contributed by atoms with Gasteiger partial charge in [-0.1, -0.05) is 17.7 Å². The summed E-state index contributed by atoms with van der Waals surface area (Å²) in [5.74, 6) is 0.0484. The van der Waals surface area contributed by atoms with E-state index in [2.05, 4.69) is 0 Å². The highest BCUT2D eigenvalue weighted by atomic mass is 35.5. The summed E-state index contributed by atoms with van der Waals surface area (Å²) in [7, 11) is 0. The Morgan fingerprint density at radius 1 is 1.47 bits per heavy atom. The third-order valence-electron chi connectivity index (χ3n) is 1.91. The Morgan fingerprint density at radius 2 is 2.18 bits per heavy atom. The number of benzene rings is 1. The fourth-order valence-corrected chi connectivity index (χ4v) is 1.66. The quantitative estimate of drug-likeness (QED) is 0.622. The summed E-state index contributed by atoms with van der Waals surface area (Å²) in [5.41, 5.74) is 1.03. The molecule has 0 heterocycles. The number of ether oxygens (including phenoxy) is 2. The molecule has 0 saturated carbocycles. The van der Waals surface area contributed by atoms with Crippen LogP contribution >= 0.6 is 23.8 Å². The first-order chi connectivity index (χ1) is 8.02. The predicted molar refractivity (Wildman–Crippen MR) is 70.7 cm³/mol. The highest BCUT2D eigenvalue weighted by molar-refractivity contribution is 7.80. The van der Waals surface area contributed by atoms with E-state index in [0.29, 0.717) is 17.4 Å². The second kappa shape index (κ2) is 6.57. The smallest absolute Gasteiger partial charge is 0.314 e. The Hall–Kier alpha value is -1.13. The molecule has 0 spiro atoms. The Labute approximate surface area is 111 Å². The van der Waals surface area contributed by atoms with Gasteiger partial charge in [0.1, 0.15) is 12.2 Å². The van der Waals surface area contributed by atoms with Crippen LogP contribution in [-0.2, 0) is 9.53 Å². The Balaban J connectivity index is 2.59. The van der Waals surface area contributed by atoms with Crippen LogP contribution in [0.4, 0.5) is 0 Å².